The summed E-state index contributed by atoms with van der Waals surface area (Å²) in [5.74, 6) is 7.41. The third-order valence-corrected chi connectivity index (χ3v) is 12.1. The van der Waals surface area contributed by atoms with E-state index in [1.54, 1.807) is 72.9 Å². The summed E-state index contributed by atoms with van der Waals surface area (Å²) >= 11 is 0. The lowest BCUT2D eigenvalue weighted by Gasteiger charge is -2.33. The van der Waals surface area contributed by atoms with Gasteiger partial charge in [0.25, 0.3) is 11.5 Å². The summed E-state index contributed by atoms with van der Waals surface area (Å²) in [5, 5.41) is 16.9. The number of anilines is 3. The Balaban J connectivity index is 0.738. The number of nitrogens with one attached hydrogen (secondary N) is 5. The van der Waals surface area contributed by atoms with Crippen molar-refractivity contribution < 1.29 is 55.3 Å². The molecule has 3 atom stereocenters. The van der Waals surface area contributed by atoms with Crippen LogP contribution in [0.25, 0.3) is 22.0 Å². The molecule has 0 spiro atoms. The fourth-order valence-corrected chi connectivity index (χ4v) is 8.37. The van der Waals surface area contributed by atoms with Gasteiger partial charge in [-0.1, -0.05) is 23.2 Å². The number of fused-ring (bicyclic) bond motifs is 1. The zero-order chi connectivity index (χ0) is 53.3. The number of halogens is 4. The second kappa shape index (κ2) is 26.8. The van der Waals surface area contributed by atoms with Crippen molar-refractivity contribution in [1.29, 1.82) is 0 Å². The van der Waals surface area contributed by atoms with Crippen LogP contribution in [-0.4, -0.2) is 142 Å². The minimum atomic E-state index is -4.49. The molecule has 1 aliphatic heterocycles. The van der Waals surface area contributed by atoms with Crippen LogP contribution in [0.3, 0.4) is 0 Å². The van der Waals surface area contributed by atoms with E-state index in [9.17, 15) is 27.2 Å². The van der Waals surface area contributed by atoms with Crippen LogP contribution >= 0.6 is 0 Å². The van der Waals surface area contributed by atoms with Crippen molar-refractivity contribution in [1.82, 2.24) is 29.9 Å². The maximum Gasteiger partial charge on any atom is 0.406 e. The smallest absolute Gasteiger partial charge is 0.406 e. The average molecular weight is 1050 g/mol. The number of aryl methyl sites for hydroxylation is 2. The molecule has 0 saturated carbocycles. The van der Waals surface area contributed by atoms with Gasteiger partial charge in [-0.15, -0.1) is 0 Å². The van der Waals surface area contributed by atoms with Gasteiger partial charge in [-0.3, -0.25) is 9.59 Å². The van der Waals surface area contributed by atoms with Gasteiger partial charge in [-0.05, 0) is 82.6 Å². The summed E-state index contributed by atoms with van der Waals surface area (Å²) < 4.78 is 96.3. The van der Waals surface area contributed by atoms with Gasteiger partial charge < -0.3 is 68.7 Å². The number of aromatic nitrogens is 4. The summed E-state index contributed by atoms with van der Waals surface area (Å²) in [6.07, 6.45) is -3.42. The molecule has 0 unspecified atom stereocenters. The summed E-state index contributed by atoms with van der Waals surface area (Å²) in [4.78, 5) is 34.2. The molecule has 1 fully saturated rings. The van der Waals surface area contributed by atoms with Crippen molar-refractivity contribution >= 4 is 33.9 Å². The number of H-pyrrole nitrogens is 1. The van der Waals surface area contributed by atoms with Crippen LogP contribution in [0, 0.1) is 25.7 Å². The molecular weight excluding hydrogens is 983 g/mol. The summed E-state index contributed by atoms with van der Waals surface area (Å²) in [6, 6.07) is 18.0. The number of pyridine rings is 2. The molecule has 4 aromatic heterocycles. The zero-order valence-corrected chi connectivity index (χ0v) is 42.5. The first kappa shape index (κ1) is 55.4. The number of nitrogens with zero attached hydrogens (tertiary/aromatic N) is 4. The highest BCUT2D eigenvalue weighted by molar-refractivity contribution is 5.94. The van der Waals surface area contributed by atoms with E-state index in [-0.39, 0.29) is 68.5 Å². The number of piperidine rings is 1. The van der Waals surface area contributed by atoms with Crippen LogP contribution in [-0.2, 0) is 25.5 Å². The number of hydrogen-bond acceptors (Lipinski definition) is 15. The van der Waals surface area contributed by atoms with Gasteiger partial charge in [0, 0.05) is 60.2 Å². The molecule has 2 aromatic carbocycles. The molecule has 0 bridgehead atoms. The Labute approximate surface area is 431 Å². The van der Waals surface area contributed by atoms with Gasteiger partial charge in [0.1, 0.15) is 42.3 Å². The second-order valence-corrected chi connectivity index (χ2v) is 17.7. The first-order valence-corrected chi connectivity index (χ1v) is 24.5. The van der Waals surface area contributed by atoms with Crippen LogP contribution < -0.4 is 41.0 Å². The van der Waals surface area contributed by atoms with Gasteiger partial charge in [0.05, 0.1) is 93.7 Å². The number of rotatable bonds is 26. The maximum absolute atomic E-state index is 14.9. The van der Waals surface area contributed by atoms with Crippen LogP contribution in [0.15, 0.2) is 82.2 Å². The molecule has 402 valence electrons. The van der Waals surface area contributed by atoms with Crippen LogP contribution in [0.2, 0.25) is 0 Å². The molecule has 0 aliphatic carbocycles. The number of carbonyl (C=O) groups is 1. The molecule has 0 radical (unpaired) electrons. The lowest BCUT2D eigenvalue weighted by molar-refractivity contribution is -0.140. The Morgan fingerprint density at radius 2 is 1.71 bits per heavy atom. The molecule has 6 aromatic rings. The van der Waals surface area contributed by atoms with Crippen molar-refractivity contribution in [2.45, 2.75) is 58.2 Å². The third-order valence-electron chi connectivity index (χ3n) is 12.1. The SMILES string of the molecule is COc1cc(OCCOCCOCCOCCNC(=O)COc2cccc([C@@H](C)Nc3cc(-c4c(C)noc4C)c[nH]c3=O)n2)ccc1NCC#Cc1cc2c(N[C@@H]3CCN(C)C[C@@H]3F)cccc2n1CC(F)(F)F. The van der Waals surface area contributed by atoms with Crippen LogP contribution in [0.1, 0.15) is 42.2 Å². The predicted octanol–water partition coefficient (Wildman–Crippen LogP) is 7.28. The number of likely N-dealkylation sites (tertiary alicyclic amines) is 1. The summed E-state index contributed by atoms with van der Waals surface area (Å²) in [5.41, 5.74) is 4.66. The van der Waals surface area contributed by atoms with Crippen LogP contribution in [0.5, 0.6) is 17.4 Å². The number of aromatic amines is 1. The highest BCUT2D eigenvalue weighted by Gasteiger charge is 2.31. The molecule has 18 nitrogen and oxygen atoms in total. The molecule has 1 saturated heterocycles. The second-order valence-electron chi connectivity index (χ2n) is 17.7. The Kier molecular flexibility index (Phi) is 19.8. The molecule has 22 heteroatoms. The van der Waals surface area contributed by atoms with E-state index in [1.165, 1.54) is 7.11 Å². The molecule has 7 rings (SSSR count). The van der Waals surface area contributed by atoms with Gasteiger partial charge in [-0.25, -0.2) is 9.37 Å². The standard InChI is InChI=1S/C53H63F4N9O9/c1-34(61-46-27-37(30-60-52(46)68)51-35(2)64-75-36(51)3)42-10-7-13-50(63-42)74-32-49(67)59-18-20-70-21-22-71-23-24-72-25-26-73-39-14-15-45(48(29-39)69-5)58-17-8-9-38-28-40-43(62-44-16-19-65(4)31-41(44)54)11-6-12-47(40)66(38)33-53(55,56)57/h6-7,10-15,27-30,34,41,44,58,61-62H,16-26,31-33H2,1-5H3,(H,59,67)(H,60,68)/t34-,41+,44-/m1/s1. The normalized spacial score (nSPS) is 15.2. The molecule has 1 aliphatic rings. The highest BCUT2D eigenvalue weighted by atomic mass is 19.4. The highest BCUT2D eigenvalue weighted by Crippen LogP contribution is 2.33. The first-order chi connectivity index (χ1) is 36.1. The maximum atomic E-state index is 14.9. The quantitative estimate of drug-likeness (QED) is 0.0206. The number of methoxy groups -OCH3 is 1. The fraction of sp³-hybridized carbons (Fsp3) is 0.434. The molecule has 1 amide bonds. The van der Waals surface area contributed by atoms with E-state index >= 15 is 0 Å². The lowest BCUT2D eigenvalue weighted by atomic mass is 10.0. The molecule has 5 heterocycles. The zero-order valence-electron chi connectivity index (χ0n) is 42.5. The Morgan fingerprint density at radius 3 is 2.44 bits per heavy atom. The van der Waals surface area contributed by atoms with Gasteiger partial charge in [0.15, 0.2) is 6.61 Å². The van der Waals surface area contributed by atoms with Crippen molar-refractivity contribution in [3.8, 4) is 40.3 Å². The van der Waals surface area contributed by atoms with Crippen molar-refractivity contribution in [2.75, 3.05) is 109 Å². The van der Waals surface area contributed by atoms with Gasteiger partial charge in [-0.2, -0.15) is 13.2 Å². The first-order valence-electron chi connectivity index (χ1n) is 24.5. The monoisotopic (exact) mass is 1050 g/mol. The Bertz CT molecular complexity index is 2930. The Hall–Kier alpha value is -7.32. The summed E-state index contributed by atoms with van der Waals surface area (Å²) in [7, 11) is 3.37. The van der Waals surface area contributed by atoms with E-state index < -0.39 is 24.9 Å². The van der Waals surface area contributed by atoms with Gasteiger partial charge in [0.2, 0.25) is 5.88 Å². The number of amides is 1. The minimum absolute atomic E-state index is 0.108. The summed E-state index contributed by atoms with van der Waals surface area (Å²) in [6.45, 7) is 7.59. The van der Waals surface area contributed by atoms with E-state index in [1.807, 2.05) is 32.7 Å². The van der Waals surface area contributed by atoms with Crippen LogP contribution in [0.4, 0.5) is 34.6 Å². The predicted molar refractivity (Wildman–Crippen MR) is 276 cm³/mol. The molecule has 75 heavy (non-hydrogen) atoms. The molecular formula is C53H63F4N9O9. The third kappa shape index (κ3) is 16.1. The number of benzene rings is 2. The number of alkyl halides is 4. The van der Waals surface area contributed by atoms with E-state index in [2.05, 4.69) is 48.2 Å². The Morgan fingerprint density at radius 1 is 0.947 bits per heavy atom. The van der Waals surface area contributed by atoms with Crippen molar-refractivity contribution in [2.24, 2.45) is 0 Å². The number of carbonyl (C=O) groups excluding carboxylic acids is 1. The molecule has 5 N–H and O–H groups in total. The number of ether oxygens (including phenoxy) is 6. The number of hydrogen-bond donors (Lipinski definition) is 5. The average Bonchev–Trinajstić information content (AvgIpc) is 3.92. The fourth-order valence-electron chi connectivity index (χ4n) is 8.37. The minimum Gasteiger partial charge on any atom is -0.494 e. The van der Waals surface area contributed by atoms with E-state index in [4.69, 9.17) is 32.9 Å². The van der Waals surface area contributed by atoms with Gasteiger partial charge >= 0.3 is 6.18 Å². The largest absolute Gasteiger partial charge is 0.494 e. The van der Waals surface area contributed by atoms with Crippen molar-refractivity contribution in [3.63, 3.8) is 0 Å². The van der Waals surface area contributed by atoms with E-state index in [0.717, 1.165) is 15.7 Å². The topological polar surface area (TPSA) is 201 Å². The van der Waals surface area contributed by atoms with E-state index in [0.29, 0.717) is 103 Å². The lowest BCUT2D eigenvalue weighted by Crippen LogP contribution is -2.46. The van der Waals surface area contributed by atoms with Crippen molar-refractivity contribution in [3.05, 3.63) is 106 Å².